The lowest BCUT2D eigenvalue weighted by Crippen LogP contribution is -2.08. The molecule has 142 valence electrons. The van der Waals surface area contributed by atoms with Crippen molar-refractivity contribution < 1.29 is 14.2 Å². The van der Waals surface area contributed by atoms with Gasteiger partial charge in [-0.15, -0.1) is 11.3 Å². The Bertz CT molecular complexity index is 1260. The number of aromatic nitrogens is 1. The molecular formula is C21H15ClFNO3S. The van der Waals surface area contributed by atoms with Crippen LogP contribution >= 0.6 is 22.9 Å². The molecule has 0 fully saturated rings. The number of fused-ring (bicyclic) bond motifs is 1. The van der Waals surface area contributed by atoms with Gasteiger partial charge in [-0.05, 0) is 18.1 Å². The first-order valence-corrected chi connectivity index (χ1v) is 9.59. The molecule has 4 aromatic rings. The van der Waals surface area contributed by atoms with Crippen molar-refractivity contribution in [2.45, 2.75) is 6.92 Å². The average Bonchev–Trinajstić information content (AvgIpc) is 3.00. The van der Waals surface area contributed by atoms with Crippen LogP contribution in [0.5, 0.6) is 11.5 Å². The number of aryl methyl sites for hydroxylation is 1. The van der Waals surface area contributed by atoms with Crippen LogP contribution in [0.3, 0.4) is 0 Å². The summed E-state index contributed by atoms with van der Waals surface area (Å²) in [5.74, 6) is -0.665. The van der Waals surface area contributed by atoms with E-state index in [0.717, 1.165) is 11.3 Å². The van der Waals surface area contributed by atoms with Gasteiger partial charge in [0.15, 0.2) is 11.6 Å². The van der Waals surface area contributed by atoms with Gasteiger partial charge in [0.25, 0.3) is 5.56 Å². The molecule has 2 aromatic carbocycles. The molecule has 7 heteroatoms. The van der Waals surface area contributed by atoms with Crippen LogP contribution in [0.4, 0.5) is 4.39 Å². The monoisotopic (exact) mass is 415 g/mol. The normalized spacial score (nSPS) is 11.1. The largest absolute Gasteiger partial charge is 0.506 e. The Balaban J connectivity index is 2.11. The van der Waals surface area contributed by atoms with Gasteiger partial charge in [-0.25, -0.2) is 4.39 Å². The van der Waals surface area contributed by atoms with E-state index in [1.807, 2.05) is 6.07 Å². The van der Waals surface area contributed by atoms with Crippen molar-refractivity contribution in [2.75, 3.05) is 7.11 Å². The Kier molecular flexibility index (Phi) is 4.61. The molecule has 2 aromatic heterocycles. The molecule has 28 heavy (non-hydrogen) atoms. The summed E-state index contributed by atoms with van der Waals surface area (Å²) in [5.41, 5.74) is 1.53. The van der Waals surface area contributed by atoms with Crippen LogP contribution in [0.2, 0.25) is 4.34 Å². The van der Waals surface area contributed by atoms with Crippen molar-refractivity contribution in [1.82, 2.24) is 4.98 Å². The third-order valence-electron chi connectivity index (χ3n) is 4.62. The van der Waals surface area contributed by atoms with E-state index < -0.39 is 11.4 Å². The van der Waals surface area contributed by atoms with E-state index in [9.17, 15) is 14.3 Å². The van der Waals surface area contributed by atoms with E-state index in [2.05, 4.69) is 4.98 Å². The number of thiophene rings is 1. The molecule has 0 aliphatic heterocycles. The summed E-state index contributed by atoms with van der Waals surface area (Å²) in [6.07, 6.45) is 0. The highest BCUT2D eigenvalue weighted by molar-refractivity contribution is 7.23. The number of methoxy groups -OCH3 is 1. The van der Waals surface area contributed by atoms with Crippen LogP contribution in [-0.2, 0) is 0 Å². The lowest BCUT2D eigenvalue weighted by molar-refractivity contribution is 0.387. The molecule has 0 saturated carbocycles. The topological polar surface area (TPSA) is 62.3 Å². The van der Waals surface area contributed by atoms with Crippen LogP contribution in [0, 0.1) is 12.7 Å². The van der Waals surface area contributed by atoms with Crippen molar-refractivity contribution in [2.24, 2.45) is 0 Å². The molecule has 0 radical (unpaired) electrons. The van der Waals surface area contributed by atoms with Gasteiger partial charge in [0.05, 0.1) is 18.1 Å². The molecule has 2 heterocycles. The second kappa shape index (κ2) is 6.96. The third kappa shape index (κ3) is 2.77. The van der Waals surface area contributed by atoms with E-state index in [-0.39, 0.29) is 17.1 Å². The first kappa shape index (κ1) is 18.5. The van der Waals surface area contributed by atoms with E-state index in [1.165, 1.54) is 7.11 Å². The fraction of sp³-hybridized carbons (Fsp3) is 0.0952. The van der Waals surface area contributed by atoms with Gasteiger partial charge in [-0.2, -0.15) is 0 Å². The van der Waals surface area contributed by atoms with Gasteiger partial charge >= 0.3 is 0 Å². The van der Waals surface area contributed by atoms with Crippen LogP contribution in [0.1, 0.15) is 5.56 Å². The first-order chi connectivity index (χ1) is 13.4. The minimum atomic E-state index is -0.498. The Morgan fingerprint density at radius 2 is 1.86 bits per heavy atom. The summed E-state index contributed by atoms with van der Waals surface area (Å²) in [7, 11) is 1.38. The van der Waals surface area contributed by atoms with Crippen molar-refractivity contribution in [3.63, 3.8) is 0 Å². The van der Waals surface area contributed by atoms with Gasteiger partial charge in [-0.3, -0.25) is 4.79 Å². The maximum atomic E-state index is 14.6. The van der Waals surface area contributed by atoms with Gasteiger partial charge in [0.2, 0.25) is 0 Å². The number of pyridine rings is 1. The number of nitrogens with one attached hydrogen (secondary N) is 1. The fourth-order valence-electron chi connectivity index (χ4n) is 3.28. The van der Waals surface area contributed by atoms with E-state index >= 15 is 0 Å². The highest BCUT2D eigenvalue weighted by Crippen LogP contribution is 2.49. The van der Waals surface area contributed by atoms with Gasteiger partial charge < -0.3 is 14.8 Å². The number of hydrogen-bond acceptors (Lipinski definition) is 4. The highest BCUT2D eigenvalue weighted by atomic mass is 35.5. The summed E-state index contributed by atoms with van der Waals surface area (Å²) in [6.45, 7) is 1.64. The number of aromatic hydroxyl groups is 1. The third-order valence-corrected chi connectivity index (χ3v) is 5.93. The maximum Gasteiger partial charge on any atom is 0.260 e. The molecule has 4 nitrogen and oxygen atoms in total. The molecule has 4 rings (SSSR count). The second-order valence-electron chi connectivity index (χ2n) is 6.28. The summed E-state index contributed by atoms with van der Waals surface area (Å²) in [6, 6.07) is 12.1. The van der Waals surface area contributed by atoms with Gasteiger partial charge in [0.1, 0.15) is 14.9 Å². The standard InChI is InChI=1S/C21H15ClFNO3S/c1-10-8-9-12(18(27-2)16(10)23)14-15-17(25)13(11-6-4-3-5-7-11)20(26)24-21(15)28-19(14)22/h3-9H,1-2H3,(H2,24,25,26). The zero-order valence-corrected chi connectivity index (χ0v) is 16.5. The number of hydrogen-bond donors (Lipinski definition) is 2. The van der Waals surface area contributed by atoms with Crippen LogP contribution in [-0.4, -0.2) is 17.2 Å². The predicted molar refractivity (Wildman–Crippen MR) is 111 cm³/mol. The Labute approximate surface area is 168 Å². The zero-order valence-electron chi connectivity index (χ0n) is 15.0. The van der Waals surface area contributed by atoms with E-state index in [1.54, 1.807) is 43.3 Å². The smallest absolute Gasteiger partial charge is 0.260 e. The fourth-order valence-corrected chi connectivity index (χ4v) is 4.65. The maximum absolute atomic E-state index is 14.6. The van der Waals surface area contributed by atoms with Gasteiger partial charge in [-0.1, -0.05) is 54.1 Å². The number of H-pyrrole nitrogens is 1. The molecule has 0 unspecified atom stereocenters. The Morgan fingerprint density at radius 1 is 1.14 bits per heavy atom. The number of halogens is 2. The number of aromatic amines is 1. The van der Waals surface area contributed by atoms with Crippen LogP contribution < -0.4 is 10.3 Å². The molecule has 0 amide bonds. The van der Waals surface area contributed by atoms with Crippen molar-refractivity contribution in [1.29, 1.82) is 0 Å². The average molecular weight is 416 g/mol. The minimum absolute atomic E-state index is 0.0356. The quantitative estimate of drug-likeness (QED) is 0.448. The second-order valence-corrected chi connectivity index (χ2v) is 7.90. The zero-order chi connectivity index (χ0) is 20.0. The molecular weight excluding hydrogens is 401 g/mol. The van der Waals surface area contributed by atoms with Crippen LogP contribution in [0.25, 0.3) is 32.5 Å². The number of rotatable bonds is 3. The molecule has 0 bridgehead atoms. The highest BCUT2D eigenvalue weighted by Gasteiger charge is 2.25. The summed E-state index contributed by atoms with van der Waals surface area (Å²) < 4.78 is 20.2. The van der Waals surface area contributed by atoms with Crippen molar-refractivity contribution in [3.8, 4) is 33.8 Å². The molecule has 0 aliphatic rings. The molecule has 0 saturated heterocycles. The lowest BCUT2D eigenvalue weighted by Gasteiger charge is -2.12. The van der Waals surface area contributed by atoms with E-state index in [0.29, 0.717) is 36.8 Å². The summed E-state index contributed by atoms with van der Waals surface area (Å²) in [5, 5.41) is 11.4. The summed E-state index contributed by atoms with van der Waals surface area (Å²) in [4.78, 5) is 15.8. The molecule has 0 atom stereocenters. The lowest BCUT2D eigenvalue weighted by atomic mass is 9.99. The first-order valence-electron chi connectivity index (χ1n) is 8.40. The van der Waals surface area contributed by atoms with Crippen LogP contribution in [0.15, 0.2) is 47.3 Å². The van der Waals surface area contributed by atoms with Crippen molar-refractivity contribution >= 4 is 33.2 Å². The number of benzene rings is 2. The Morgan fingerprint density at radius 3 is 2.54 bits per heavy atom. The summed E-state index contributed by atoms with van der Waals surface area (Å²) >= 11 is 7.56. The van der Waals surface area contributed by atoms with Crippen molar-refractivity contribution in [3.05, 3.63) is 68.5 Å². The molecule has 0 aliphatic carbocycles. The number of ether oxygens (including phenoxy) is 1. The molecule has 0 spiro atoms. The molecule has 2 N–H and O–H groups in total. The minimum Gasteiger partial charge on any atom is -0.506 e. The predicted octanol–water partition coefficient (Wildman–Crippen LogP) is 5.74. The van der Waals surface area contributed by atoms with E-state index in [4.69, 9.17) is 16.3 Å². The SMILES string of the molecule is COc1c(-c2c(Cl)sc3[nH]c(=O)c(-c4ccccc4)c(O)c23)ccc(C)c1F. The Hall–Kier alpha value is -2.83. The van der Waals surface area contributed by atoms with Gasteiger partial charge in [0, 0.05) is 11.1 Å².